The number of anilines is 1. The lowest BCUT2D eigenvalue weighted by Crippen LogP contribution is -2.12. The average molecular weight is 324 g/mol. The van der Waals surface area contributed by atoms with E-state index in [0.29, 0.717) is 21.5 Å². The first kappa shape index (κ1) is 13.4. The first-order valence-electron chi connectivity index (χ1n) is 5.36. The van der Waals surface area contributed by atoms with Gasteiger partial charge in [0.1, 0.15) is 12.0 Å². The third kappa shape index (κ3) is 3.03. The van der Waals surface area contributed by atoms with Gasteiger partial charge < -0.3 is 14.8 Å². The number of carbonyl (C=O) groups excluding carboxylic acids is 1. The molecule has 0 aliphatic rings. The minimum atomic E-state index is -1.05. The Kier molecular flexibility index (Phi) is 3.71. The number of rotatable bonds is 3. The molecule has 1 amide bonds. The van der Waals surface area contributed by atoms with Crippen LogP contribution in [-0.2, 0) is 0 Å². The van der Waals surface area contributed by atoms with Crippen molar-refractivity contribution in [2.24, 2.45) is 0 Å². The number of nitrogens with one attached hydrogen (secondary N) is 1. The van der Waals surface area contributed by atoms with Crippen LogP contribution in [0, 0.1) is 6.92 Å². The molecule has 0 bridgehead atoms. The summed E-state index contributed by atoms with van der Waals surface area (Å²) in [5.41, 5.74) is 0.871. The van der Waals surface area contributed by atoms with Crippen LogP contribution >= 0.6 is 15.9 Å². The van der Waals surface area contributed by atoms with Crippen LogP contribution < -0.4 is 5.32 Å². The van der Waals surface area contributed by atoms with Gasteiger partial charge in [0.25, 0.3) is 5.91 Å². The summed E-state index contributed by atoms with van der Waals surface area (Å²) in [5.74, 6) is -0.786. The predicted octanol–water partition coefficient (Wildman–Crippen LogP) is 3.30. The van der Waals surface area contributed by atoms with Crippen LogP contribution in [0.5, 0.6) is 0 Å². The zero-order valence-corrected chi connectivity index (χ0v) is 11.5. The van der Waals surface area contributed by atoms with Gasteiger partial charge in [0.05, 0.1) is 16.8 Å². The van der Waals surface area contributed by atoms with Crippen LogP contribution in [-0.4, -0.2) is 17.0 Å². The van der Waals surface area contributed by atoms with E-state index in [1.54, 1.807) is 19.1 Å². The van der Waals surface area contributed by atoms with Gasteiger partial charge in [-0.25, -0.2) is 4.79 Å². The number of furan rings is 1. The molecule has 98 valence electrons. The number of aromatic carboxylic acids is 1. The Morgan fingerprint density at radius 1 is 1.26 bits per heavy atom. The summed E-state index contributed by atoms with van der Waals surface area (Å²) >= 11 is 3.25. The minimum Gasteiger partial charge on any atom is -0.478 e. The van der Waals surface area contributed by atoms with Crippen LogP contribution in [0.4, 0.5) is 5.69 Å². The minimum absolute atomic E-state index is 0.0990. The summed E-state index contributed by atoms with van der Waals surface area (Å²) in [6.07, 6.45) is 1.35. The van der Waals surface area contributed by atoms with Crippen molar-refractivity contribution in [2.75, 3.05) is 5.32 Å². The van der Waals surface area contributed by atoms with Crippen molar-refractivity contribution >= 4 is 33.5 Å². The van der Waals surface area contributed by atoms with E-state index in [4.69, 9.17) is 9.52 Å². The van der Waals surface area contributed by atoms with Gasteiger partial charge in [-0.05, 0) is 47.1 Å². The Morgan fingerprint density at radius 2 is 2.00 bits per heavy atom. The molecule has 0 radical (unpaired) electrons. The first-order chi connectivity index (χ1) is 8.97. The fourth-order valence-electron chi connectivity index (χ4n) is 1.51. The summed E-state index contributed by atoms with van der Waals surface area (Å²) in [7, 11) is 0. The quantitative estimate of drug-likeness (QED) is 0.908. The largest absolute Gasteiger partial charge is 0.478 e. The molecule has 0 saturated heterocycles. The van der Waals surface area contributed by atoms with Gasteiger partial charge in [0.15, 0.2) is 0 Å². The highest BCUT2D eigenvalue weighted by Crippen LogP contribution is 2.24. The van der Waals surface area contributed by atoms with Gasteiger partial charge in [-0.1, -0.05) is 0 Å². The summed E-state index contributed by atoms with van der Waals surface area (Å²) in [6, 6.07) is 6.01. The third-order valence-electron chi connectivity index (χ3n) is 2.45. The zero-order valence-electron chi connectivity index (χ0n) is 9.94. The Balaban J connectivity index is 2.25. The van der Waals surface area contributed by atoms with E-state index in [-0.39, 0.29) is 11.5 Å². The summed E-state index contributed by atoms with van der Waals surface area (Å²) in [6.45, 7) is 1.73. The smallest absolute Gasteiger partial charge is 0.335 e. The maximum absolute atomic E-state index is 11.9. The average Bonchev–Trinajstić information content (AvgIpc) is 2.78. The fourth-order valence-corrected chi connectivity index (χ4v) is 1.86. The van der Waals surface area contributed by atoms with E-state index in [0.717, 1.165) is 0 Å². The van der Waals surface area contributed by atoms with Crippen molar-refractivity contribution in [2.45, 2.75) is 6.92 Å². The van der Waals surface area contributed by atoms with Gasteiger partial charge in [-0.2, -0.15) is 0 Å². The third-order valence-corrected chi connectivity index (χ3v) is 3.15. The molecule has 0 atom stereocenters. The van der Waals surface area contributed by atoms with Crippen molar-refractivity contribution in [1.82, 2.24) is 0 Å². The van der Waals surface area contributed by atoms with Crippen LogP contribution in [0.15, 0.2) is 39.4 Å². The van der Waals surface area contributed by atoms with Crippen molar-refractivity contribution in [1.29, 1.82) is 0 Å². The normalized spacial score (nSPS) is 10.2. The van der Waals surface area contributed by atoms with Gasteiger partial charge in [0.2, 0.25) is 0 Å². The molecule has 1 aromatic heterocycles. The zero-order chi connectivity index (χ0) is 14.0. The first-order valence-corrected chi connectivity index (χ1v) is 6.16. The molecule has 5 nitrogen and oxygen atoms in total. The molecule has 0 fully saturated rings. The number of hydrogen-bond donors (Lipinski definition) is 2. The van der Waals surface area contributed by atoms with E-state index in [2.05, 4.69) is 21.2 Å². The van der Waals surface area contributed by atoms with Gasteiger partial charge in [-0.3, -0.25) is 4.79 Å². The monoisotopic (exact) mass is 323 g/mol. The molecule has 2 N–H and O–H groups in total. The number of amides is 1. The number of carboxylic acid groups (broad SMARTS) is 1. The number of carbonyl (C=O) groups is 2. The van der Waals surface area contributed by atoms with E-state index >= 15 is 0 Å². The lowest BCUT2D eigenvalue weighted by Gasteiger charge is -2.07. The van der Waals surface area contributed by atoms with E-state index in [1.807, 2.05) is 0 Å². The van der Waals surface area contributed by atoms with Crippen LogP contribution in [0.1, 0.15) is 26.5 Å². The van der Waals surface area contributed by atoms with Crippen LogP contribution in [0.25, 0.3) is 0 Å². The maximum atomic E-state index is 11.9. The maximum Gasteiger partial charge on any atom is 0.335 e. The molecular formula is C13H10BrNO4. The molecule has 2 aromatic rings. The van der Waals surface area contributed by atoms with Crippen molar-refractivity contribution < 1.29 is 19.1 Å². The topological polar surface area (TPSA) is 79.5 Å². The molecule has 6 heteroatoms. The molecule has 0 aliphatic heterocycles. The Morgan fingerprint density at radius 3 is 2.58 bits per heavy atom. The Hall–Kier alpha value is -2.08. The Bertz CT molecular complexity index is 648. The van der Waals surface area contributed by atoms with Crippen molar-refractivity contribution in [3.05, 3.63) is 51.9 Å². The predicted molar refractivity (Wildman–Crippen MR) is 72.5 cm³/mol. The molecule has 19 heavy (non-hydrogen) atoms. The lowest BCUT2D eigenvalue weighted by atomic mass is 10.2. The van der Waals surface area contributed by atoms with Gasteiger partial charge >= 0.3 is 5.97 Å². The Labute approximate surface area is 117 Å². The van der Waals surface area contributed by atoms with E-state index < -0.39 is 5.97 Å². The van der Waals surface area contributed by atoms with Gasteiger partial charge in [-0.15, -0.1) is 0 Å². The molecule has 1 heterocycles. The lowest BCUT2D eigenvalue weighted by molar-refractivity contribution is 0.0696. The number of aryl methyl sites for hydroxylation is 1. The number of carboxylic acids is 1. The fraction of sp³-hybridized carbons (Fsp3) is 0.0769. The van der Waals surface area contributed by atoms with E-state index in [9.17, 15) is 9.59 Å². The van der Waals surface area contributed by atoms with Crippen molar-refractivity contribution in [3.8, 4) is 0 Å². The molecular weight excluding hydrogens is 314 g/mol. The molecule has 0 spiro atoms. The second-order valence-corrected chi connectivity index (χ2v) is 4.75. The molecule has 0 unspecified atom stereocenters. The number of hydrogen-bond acceptors (Lipinski definition) is 3. The summed E-state index contributed by atoms with van der Waals surface area (Å²) < 4.78 is 5.65. The second kappa shape index (κ2) is 5.27. The highest BCUT2D eigenvalue weighted by Gasteiger charge is 2.12. The molecule has 0 aliphatic carbocycles. The number of halogens is 1. The second-order valence-electron chi connectivity index (χ2n) is 3.90. The summed E-state index contributed by atoms with van der Waals surface area (Å²) in [5, 5.41) is 11.5. The number of benzene rings is 1. The van der Waals surface area contributed by atoms with E-state index in [1.165, 1.54) is 18.4 Å². The highest BCUT2D eigenvalue weighted by atomic mass is 79.9. The molecule has 2 rings (SSSR count). The molecule has 0 saturated carbocycles. The highest BCUT2D eigenvalue weighted by molar-refractivity contribution is 9.10. The SMILES string of the molecule is Cc1cc(C(=O)Nc2cc(C(=O)O)ccc2Br)co1. The summed E-state index contributed by atoms with van der Waals surface area (Å²) in [4.78, 5) is 22.8. The van der Waals surface area contributed by atoms with Crippen LogP contribution in [0.3, 0.4) is 0 Å². The standard InChI is InChI=1S/C13H10BrNO4/c1-7-4-9(6-19-7)12(16)15-11-5-8(13(17)18)2-3-10(11)14/h2-6H,1H3,(H,15,16)(H,17,18). The van der Waals surface area contributed by atoms with Crippen LogP contribution in [0.2, 0.25) is 0 Å². The van der Waals surface area contributed by atoms with Crippen molar-refractivity contribution in [3.63, 3.8) is 0 Å². The van der Waals surface area contributed by atoms with Gasteiger partial charge in [0, 0.05) is 4.47 Å². The molecule has 1 aromatic carbocycles.